The van der Waals surface area contributed by atoms with Gasteiger partial charge in [0, 0.05) is 17.9 Å². The van der Waals surface area contributed by atoms with E-state index in [1.807, 2.05) is 18.2 Å². The van der Waals surface area contributed by atoms with Gasteiger partial charge in [-0.2, -0.15) is 0 Å². The second kappa shape index (κ2) is 7.28. The maximum Gasteiger partial charge on any atom is 0.303 e. The third-order valence-electron chi connectivity index (χ3n) is 2.22. The molecule has 0 aliphatic carbocycles. The van der Waals surface area contributed by atoms with Crippen LogP contribution in [-0.2, 0) is 4.79 Å². The Labute approximate surface area is 100 Å². The van der Waals surface area contributed by atoms with E-state index in [9.17, 15) is 4.79 Å². The van der Waals surface area contributed by atoms with Gasteiger partial charge in [0.15, 0.2) is 0 Å². The molecule has 1 aromatic heterocycles. The SMILES string of the molecule is CCCC(CCC(=O)O)Sc1ccccn1. The number of pyridine rings is 1. The van der Waals surface area contributed by atoms with Crippen LogP contribution >= 0.6 is 11.8 Å². The Balaban J connectivity index is 2.47. The molecule has 1 aromatic rings. The Morgan fingerprint density at radius 1 is 1.50 bits per heavy atom. The number of carboxylic acids is 1. The molecule has 0 amide bonds. The second-order valence-corrected chi connectivity index (χ2v) is 4.95. The van der Waals surface area contributed by atoms with Crippen LogP contribution in [0.4, 0.5) is 0 Å². The summed E-state index contributed by atoms with van der Waals surface area (Å²) in [6, 6.07) is 5.81. The van der Waals surface area contributed by atoms with Gasteiger partial charge in [-0.25, -0.2) is 4.98 Å². The maximum atomic E-state index is 10.5. The molecule has 0 fully saturated rings. The van der Waals surface area contributed by atoms with E-state index in [4.69, 9.17) is 5.11 Å². The first-order valence-corrected chi connectivity index (χ1v) is 6.39. The zero-order valence-corrected chi connectivity index (χ0v) is 10.2. The predicted molar refractivity (Wildman–Crippen MR) is 65.7 cm³/mol. The summed E-state index contributed by atoms with van der Waals surface area (Å²) in [5.74, 6) is -0.720. The molecule has 0 saturated carbocycles. The molecule has 0 radical (unpaired) electrons. The lowest BCUT2D eigenvalue weighted by Gasteiger charge is -2.13. The lowest BCUT2D eigenvalue weighted by atomic mass is 10.1. The maximum absolute atomic E-state index is 10.5. The minimum Gasteiger partial charge on any atom is -0.481 e. The Hall–Kier alpha value is -1.03. The van der Waals surface area contributed by atoms with E-state index < -0.39 is 5.97 Å². The average Bonchev–Trinajstić information content (AvgIpc) is 2.27. The molecule has 88 valence electrons. The molecule has 3 nitrogen and oxygen atoms in total. The largest absolute Gasteiger partial charge is 0.481 e. The Morgan fingerprint density at radius 2 is 2.31 bits per heavy atom. The fourth-order valence-corrected chi connectivity index (χ4v) is 2.67. The van der Waals surface area contributed by atoms with Gasteiger partial charge in [-0.15, -0.1) is 11.8 Å². The average molecular weight is 239 g/mol. The molecule has 4 heteroatoms. The van der Waals surface area contributed by atoms with Crippen LogP contribution in [0, 0.1) is 0 Å². The van der Waals surface area contributed by atoms with Crippen molar-refractivity contribution in [3.05, 3.63) is 24.4 Å². The number of aromatic nitrogens is 1. The first-order chi connectivity index (χ1) is 7.72. The van der Waals surface area contributed by atoms with Crippen molar-refractivity contribution >= 4 is 17.7 Å². The van der Waals surface area contributed by atoms with Gasteiger partial charge < -0.3 is 5.11 Å². The highest BCUT2D eigenvalue weighted by atomic mass is 32.2. The number of carboxylic acid groups (broad SMARTS) is 1. The highest BCUT2D eigenvalue weighted by Gasteiger charge is 2.12. The van der Waals surface area contributed by atoms with Gasteiger partial charge in [0.2, 0.25) is 0 Å². The highest BCUT2D eigenvalue weighted by molar-refractivity contribution is 7.99. The van der Waals surface area contributed by atoms with Gasteiger partial charge in [-0.3, -0.25) is 4.79 Å². The van der Waals surface area contributed by atoms with Gasteiger partial charge in [-0.05, 0) is 25.0 Å². The molecule has 0 aliphatic rings. The molecular formula is C12H17NO2S. The minimum absolute atomic E-state index is 0.241. The van der Waals surface area contributed by atoms with Crippen LogP contribution in [0.5, 0.6) is 0 Å². The molecule has 16 heavy (non-hydrogen) atoms. The van der Waals surface area contributed by atoms with E-state index in [1.54, 1.807) is 18.0 Å². The molecule has 0 spiro atoms. The van der Waals surface area contributed by atoms with Gasteiger partial charge >= 0.3 is 5.97 Å². The summed E-state index contributed by atoms with van der Waals surface area (Å²) < 4.78 is 0. The number of hydrogen-bond donors (Lipinski definition) is 1. The van der Waals surface area contributed by atoms with Crippen LogP contribution in [-0.4, -0.2) is 21.3 Å². The third kappa shape index (κ3) is 5.16. The molecule has 1 unspecified atom stereocenters. The van der Waals surface area contributed by atoms with Crippen LogP contribution in [0.25, 0.3) is 0 Å². The molecule has 0 bridgehead atoms. The van der Waals surface area contributed by atoms with Crippen LogP contribution in [0.1, 0.15) is 32.6 Å². The Morgan fingerprint density at radius 3 is 2.88 bits per heavy atom. The van der Waals surface area contributed by atoms with Crippen LogP contribution < -0.4 is 0 Å². The van der Waals surface area contributed by atoms with Crippen molar-refractivity contribution in [1.82, 2.24) is 4.98 Å². The summed E-state index contributed by atoms with van der Waals surface area (Å²) >= 11 is 1.68. The fraction of sp³-hybridized carbons (Fsp3) is 0.500. The topological polar surface area (TPSA) is 50.2 Å². The standard InChI is InChI=1S/C12H17NO2S/c1-2-5-10(7-8-12(14)15)16-11-6-3-4-9-13-11/h3-4,6,9-10H,2,5,7-8H2,1H3,(H,14,15). The highest BCUT2D eigenvalue weighted by Crippen LogP contribution is 2.27. The van der Waals surface area contributed by atoms with Gasteiger partial charge in [0.25, 0.3) is 0 Å². The van der Waals surface area contributed by atoms with Crippen molar-refractivity contribution in [3.8, 4) is 0 Å². The lowest BCUT2D eigenvalue weighted by Crippen LogP contribution is -2.06. The minimum atomic E-state index is -0.720. The van der Waals surface area contributed by atoms with Gasteiger partial charge in [0.1, 0.15) is 0 Å². The summed E-state index contributed by atoms with van der Waals surface area (Å²) in [6.45, 7) is 2.12. The molecule has 1 atom stereocenters. The Bertz CT molecular complexity index is 316. The molecule has 0 aliphatic heterocycles. The lowest BCUT2D eigenvalue weighted by molar-refractivity contribution is -0.137. The number of hydrogen-bond acceptors (Lipinski definition) is 3. The first-order valence-electron chi connectivity index (χ1n) is 5.52. The van der Waals surface area contributed by atoms with Crippen molar-refractivity contribution in [1.29, 1.82) is 0 Å². The molecule has 0 aromatic carbocycles. The van der Waals surface area contributed by atoms with E-state index in [0.717, 1.165) is 17.9 Å². The van der Waals surface area contributed by atoms with E-state index >= 15 is 0 Å². The molecule has 0 saturated heterocycles. The molecule has 1 rings (SSSR count). The second-order valence-electron chi connectivity index (χ2n) is 3.63. The number of rotatable bonds is 7. The number of carbonyl (C=O) groups is 1. The zero-order valence-electron chi connectivity index (χ0n) is 9.43. The number of thioether (sulfide) groups is 1. The van der Waals surface area contributed by atoms with E-state index in [1.165, 1.54) is 0 Å². The molecular weight excluding hydrogens is 222 g/mol. The summed E-state index contributed by atoms with van der Waals surface area (Å²) in [4.78, 5) is 14.8. The molecule has 1 heterocycles. The number of nitrogens with zero attached hydrogens (tertiary/aromatic N) is 1. The van der Waals surface area contributed by atoms with E-state index in [2.05, 4.69) is 11.9 Å². The van der Waals surface area contributed by atoms with Crippen molar-refractivity contribution in [3.63, 3.8) is 0 Å². The zero-order chi connectivity index (χ0) is 11.8. The monoisotopic (exact) mass is 239 g/mol. The smallest absolute Gasteiger partial charge is 0.303 e. The summed E-state index contributed by atoms with van der Waals surface area (Å²) in [7, 11) is 0. The number of aliphatic carboxylic acids is 1. The first kappa shape index (κ1) is 13.0. The van der Waals surface area contributed by atoms with Crippen molar-refractivity contribution in [2.24, 2.45) is 0 Å². The predicted octanol–water partition coefficient (Wildman–Crippen LogP) is 3.21. The summed E-state index contributed by atoms with van der Waals surface area (Å²) in [6.07, 6.45) is 4.83. The fourth-order valence-electron chi connectivity index (χ4n) is 1.46. The molecule has 1 N–H and O–H groups in total. The summed E-state index contributed by atoms with van der Waals surface area (Å²) in [5, 5.41) is 10.0. The van der Waals surface area contributed by atoms with Crippen molar-refractivity contribution in [2.75, 3.05) is 0 Å². The van der Waals surface area contributed by atoms with Gasteiger partial charge in [-0.1, -0.05) is 19.4 Å². The van der Waals surface area contributed by atoms with Gasteiger partial charge in [0.05, 0.1) is 5.03 Å². The van der Waals surface area contributed by atoms with E-state index in [-0.39, 0.29) is 6.42 Å². The van der Waals surface area contributed by atoms with Crippen molar-refractivity contribution in [2.45, 2.75) is 42.9 Å². The van der Waals surface area contributed by atoms with Crippen LogP contribution in [0.15, 0.2) is 29.4 Å². The quantitative estimate of drug-likeness (QED) is 0.742. The van der Waals surface area contributed by atoms with Crippen LogP contribution in [0.3, 0.4) is 0 Å². The van der Waals surface area contributed by atoms with Crippen LogP contribution in [0.2, 0.25) is 0 Å². The Kier molecular flexibility index (Phi) is 5.93. The van der Waals surface area contributed by atoms with Crippen molar-refractivity contribution < 1.29 is 9.90 Å². The van der Waals surface area contributed by atoms with E-state index in [0.29, 0.717) is 11.7 Å². The normalized spacial score (nSPS) is 12.3. The summed E-state index contributed by atoms with van der Waals surface area (Å²) in [5.41, 5.74) is 0. The third-order valence-corrected chi connectivity index (χ3v) is 3.50.